The van der Waals surface area contributed by atoms with E-state index < -0.39 is 48.9 Å². The van der Waals surface area contributed by atoms with Crippen LogP contribution in [0.3, 0.4) is 0 Å². The molecule has 9 heteroatoms. The van der Waals surface area contributed by atoms with Crippen molar-refractivity contribution in [2.75, 3.05) is 6.61 Å². The standard InChI is InChI=1S/C26H22O9/c27-12-20-21(28)22(29)23(30)25(34-20)32-13-9-10-14-17(11-13)26(35-24(14)31)15-5-1-3-7-18(15)33-19-8-4-2-6-16(19)26/h1-11,20-23,25,27-30H,12H2/t20-,21+,22+,23-,25-/m1/s1. The Morgan fingerprint density at radius 1 is 0.829 bits per heavy atom. The van der Waals surface area contributed by atoms with Crippen LogP contribution in [0.1, 0.15) is 27.0 Å². The second-order valence-corrected chi connectivity index (χ2v) is 8.69. The zero-order chi connectivity index (χ0) is 24.3. The summed E-state index contributed by atoms with van der Waals surface area (Å²) in [7, 11) is 0. The van der Waals surface area contributed by atoms with Gasteiger partial charge in [-0.3, -0.25) is 0 Å². The summed E-state index contributed by atoms with van der Waals surface area (Å²) in [5, 5.41) is 40.0. The van der Waals surface area contributed by atoms with E-state index in [1.165, 1.54) is 6.07 Å². The lowest BCUT2D eigenvalue weighted by atomic mass is 9.77. The highest BCUT2D eigenvalue weighted by Crippen LogP contribution is 2.56. The van der Waals surface area contributed by atoms with Crippen molar-refractivity contribution in [2.24, 2.45) is 0 Å². The van der Waals surface area contributed by atoms with Crippen LogP contribution in [0.5, 0.6) is 17.2 Å². The van der Waals surface area contributed by atoms with Crippen molar-refractivity contribution in [2.45, 2.75) is 36.3 Å². The van der Waals surface area contributed by atoms with E-state index in [9.17, 15) is 25.2 Å². The normalized spacial score (nSPS) is 27.9. The monoisotopic (exact) mass is 478 g/mol. The van der Waals surface area contributed by atoms with E-state index in [-0.39, 0.29) is 5.75 Å². The van der Waals surface area contributed by atoms with Gasteiger partial charge in [-0.15, -0.1) is 0 Å². The molecule has 9 nitrogen and oxygen atoms in total. The minimum absolute atomic E-state index is 0.229. The van der Waals surface area contributed by atoms with Crippen molar-refractivity contribution in [1.82, 2.24) is 0 Å². The Hall–Kier alpha value is -3.47. The van der Waals surface area contributed by atoms with Gasteiger partial charge in [0.25, 0.3) is 0 Å². The second kappa shape index (κ2) is 8.04. The molecule has 1 spiro atoms. The van der Waals surface area contributed by atoms with Crippen LogP contribution in [0, 0.1) is 0 Å². The molecule has 5 atom stereocenters. The molecule has 3 heterocycles. The zero-order valence-corrected chi connectivity index (χ0v) is 18.3. The lowest BCUT2D eigenvalue weighted by Crippen LogP contribution is -2.60. The van der Waals surface area contributed by atoms with E-state index in [4.69, 9.17) is 18.9 Å². The fraction of sp³-hybridized carbons (Fsp3) is 0.269. The van der Waals surface area contributed by atoms with E-state index in [1.807, 2.05) is 36.4 Å². The van der Waals surface area contributed by atoms with E-state index >= 15 is 0 Å². The number of ether oxygens (including phenoxy) is 4. The Labute approximate surface area is 199 Å². The number of carbonyl (C=O) groups excluding carboxylic acids is 1. The van der Waals surface area contributed by atoms with Crippen molar-refractivity contribution in [3.8, 4) is 17.2 Å². The van der Waals surface area contributed by atoms with Crippen LogP contribution in [0.15, 0.2) is 66.7 Å². The Morgan fingerprint density at radius 2 is 1.49 bits per heavy atom. The molecule has 0 radical (unpaired) electrons. The lowest BCUT2D eigenvalue weighted by molar-refractivity contribution is -0.277. The molecule has 180 valence electrons. The number of fused-ring (bicyclic) bond motifs is 6. The maximum Gasteiger partial charge on any atom is 0.340 e. The number of aliphatic hydroxyl groups is 4. The van der Waals surface area contributed by atoms with E-state index in [0.29, 0.717) is 33.8 Å². The van der Waals surface area contributed by atoms with E-state index in [0.717, 1.165) is 0 Å². The molecule has 0 aliphatic carbocycles. The smallest absolute Gasteiger partial charge is 0.340 e. The first-order chi connectivity index (χ1) is 16.9. The van der Waals surface area contributed by atoms with Gasteiger partial charge in [-0.05, 0) is 30.3 Å². The summed E-state index contributed by atoms with van der Waals surface area (Å²) in [5.41, 5.74) is 0.879. The topological polar surface area (TPSA) is 135 Å². The largest absolute Gasteiger partial charge is 0.462 e. The molecule has 3 aliphatic heterocycles. The van der Waals surface area contributed by atoms with Crippen LogP contribution in [-0.4, -0.2) is 63.7 Å². The molecule has 0 bridgehead atoms. The predicted molar refractivity (Wildman–Crippen MR) is 119 cm³/mol. The van der Waals surface area contributed by atoms with Crippen molar-refractivity contribution in [1.29, 1.82) is 0 Å². The van der Waals surface area contributed by atoms with Gasteiger partial charge in [-0.2, -0.15) is 0 Å². The van der Waals surface area contributed by atoms with Gasteiger partial charge in [0.05, 0.1) is 12.2 Å². The molecule has 0 amide bonds. The number of esters is 1. The highest BCUT2D eigenvalue weighted by atomic mass is 16.7. The van der Waals surface area contributed by atoms with Crippen LogP contribution in [0.2, 0.25) is 0 Å². The van der Waals surface area contributed by atoms with Gasteiger partial charge >= 0.3 is 5.97 Å². The molecule has 6 rings (SSSR count). The van der Waals surface area contributed by atoms with Crippen molar-refractivity contribution in [3.63, 3.8) is 0 Å². The molecule has 35 heavy (non-hydrogen) atoms. The fourth-order valence-corrected chi connectivity index (χ4v) is 4.97. The third-order valence-electron chi connectivity index (χ3n) is 6.69. The molecular formula is C26H22O9. The first-order valence-corrected chi connectivity index (χ1v) is 11.2. The SMILES string of the molecule is O=C1OC2(c3ccccc3Oc3ccccc32)c2cc(O[C@@H]3O[C@H](CO)[C@H](O)[C@H](O)[C@H]3O)ccc21. The fourth-order valence-electron chi connectivity index (χ4n) is 4.97. The van der Waals surface area contributed by atoms with Gasteiger partial charge in [0, 0.05) is 16.7 Å². The lowest BCUT2D eigenvalue weighted by Gasteiger charge is -2.39. The average molecular weight is 478 g/mol. The van der Waals surface area contributed by atoms with Gasteiger partial charge in [0.2, 0.25) is 6.29 Å². The van der Waals surface area contributed by atoms with Gasteiger partial charge in [-0.25, -0.2) is 4.79 Å². The Bertz CT molecular complexity index is 1260. The third-order valence-corrected chi connectivity index (χ3v) is 6.69. The number of rotatable bonds is 3. The van der Waals surface area contributed by atoms with Gasteiger partial charge in [-0.1, -0.05) is 36.4 Å². The van der Waals surface area contributed by atoms with Crippen LogP contribution >= 0.6 is 0 Å². The molecule has 4 N–H and O–H groups in total. The molecule has 0 saturated carbocycles. The summed E-state index contributed by atoms with van der Waals surface area (Å²) in [4.78, 5) is 13.0. The summed E-state index contributed by atoms with van der Waals surface area (Å²) < 4.78 is 23.5. The number of hydrogen-bond acceptors (Lipinski definition) is 9. The summed E-state index contributed by atoms with van der Waals surface area (Å²) in [6.45, 7) is -0.575. The predicted octanol–water partition coefficient (Wildman–Crippen LogP) is 1.43. The molecule has 1 saturated heterocycles. The van der Waals surface area contributed by atoms with Crippen LogP contribution < -0.4 is 9.47 Å². The molecule has 3 aromatic rings. The van der Waals surface area contributed by atoms with Crippen molar-refractivity contribution in [3.05, 3.63) is 89.0 Å². The number of para-hydroxylation sites is 2. The summed E-state index contributed by atoms with van der Waals surface area (Å²) >= 11 is 0. The van der Waals surface area contributed by atoms with Gasteiger partial charge < -0.3 is 39.4 Å². The zero-order valence-electron chi connectivity index (χ0n) is 18.3. The highest BCUT2D eigenvalue weighted by molar-refractivity contribution is 5.97. The minimum atomic E-state index is -1.58. The first kappa shape index (κ1) is 22.0. The number of hydrogen-bond donors (Lipinski definition) is 4. The minimum Gasteiger partial charge on any atom is -0.462 e. The van der Waals surface area contributed by atoms with Gasteiger partial charge in [0.1, 0.15) is 41.7 Å². The van der Waals surface area contributed by atoms with Gasteiger partial charge in [0.15, 0.2) is 5.60 Å². The molecule has 3 aromatic carbocycles. The molecule has 0 aromatic heterocycles. The molecule has 0 unspecified atom stereocenters. The van der Waals surface area contributed by atoms with Crippen molar-refractivity contribution < 1.29 is 44.2 Å². The maximum atomic E-state index is 13.0. The molecular weight excluding hydrogens is 456 g/mol. The quantitative estimate of drug-likeness (QED) is 0.413. The summed E-state index contributed by atoms with van der Waals surface area (Å²) in [6.07, 6.45) is -7.13. The second-order valence-electron chi connectivity index (χ2n) is 8.69. The third kappa shape index (κ3) is 3.17. The molecule has 1 fully saturated rings. The molecule has 3 aliphatic rings. The van der Waals surface area contributed by atoms with Crippen LogP contribution in [0.25, 0.3) is 0 Å². The highest BCUT2D eigenvalue weighted by Gasteiger charge is 2.54. The van der Waals surface area contributed by atoms with Crippen molar-refractivity contribution >= 4 is 5.97 Å². The number of aliphatic hydroxyl groups excluding tert-OH is 4. The Balaban J connectivity index is 1.46. The van der Waals surface area contributed by atoms with E-state index in [2.05, 4.69) is 0 Å². The number of benzene rings is 3. The Morgan fingerprint density at radius 3 is 2.14 bits per heavy atom. The van der Waals surface area contributed by atoms with Crippen LogP contribution in [-0.2, 0) is 15.1 Å². The maximum absolute atomic E-state index is 13.0. The number of carbonyl (C=O) groups is 1. The van der Waals surface area contributed by atoms with E-state index in [1.54, 1.807) is 24.3 Å². The summed E-state index contributed by atoms with van der Waals surface area (Å²) in [6, 6.07) is 19.3. The average Bonchev–Trinajstić information content (AvgIpc) is 3.16. The summed E-state index contributed by atoms with van der Waals surface area (Å²) in [5.74, 6) is 0.817. The Kier molecular flexibility index (Phi) is 5.06. The first-order valence-electron chi connectivity index (χ1n) is 11.2. The van der Waals surface area contributed by atoms with Crippen LogP contribution in [0.4, 0.5) is 0 Å².